The van der Waals surface area contributed by atoms with Crippen LogP contribution in [0, 0.1) is 6.92 Å². The molecule has 1 aliphatic rings. The van der Waals surface area contributed by atoms with Crippen molar-refractivity contribution in [3.63, 3.8) is 0 Å². The molecular formula is C16H15N. The van der Waals surface area contributed by atoms with Gasteiger partial charge in [0, 0.05) is 11.1 Å². The summed E-state index contributed by atoms with van der Waals surface area (Å²) in [6.07, 6.45) is 8.95. The summed E-state index contributed by atoms with van der Waals surface area (Å²) in [5, 5.41) is 2.52. The molecule has 17 heavy (non-hydrogen) atoms. The van der Waals surface area contributed by atoms with Crippen molar-refractivity contribution in [3.8, 4) is 0 Å². The largest absolute Gasteiger partial charge is 0.252 e. The van der Waals surface area contributed by atoms with Crippen LogP contribution in [0.3, 0.4) is 0 Å². The maximum absolute atomic E-state index is 4.71. The van der Waals surface area contributed by atoms with Gasteiger partial charge in [0.15, 0.2) is 0 Å². The molecule has 0 unspecified atom stereocenters. The van der Waals surface area contributed by atoms with E-state index in [4.69, 9.17) is 4.98 Å². The van der Waals surface area contributed by atoms with E-state index in [1.807, 2.05) is 0 Å². The molecule has 0 radical (unpaired) electrons. The molecule has 1 heteroatoms. The van der Waals surface area contributed by atoms with Crippen LogP contribution in [0.1, 0.15) is 24.2 Å². The monoisotopic (exact) mass is 221 g/mol. The highest BCUT2D eigenvalue weighted by molar-refractivity contribution is 5.88. The highest BCUT2D eigenvalue weighted by Crippen LogP contribution is 2.24. The van der Waals surface area contributed by atoms with E-state index in [0.717, 1.165) is 24.2 Å². The number of nitrogens with zero attached hydrogens (tertiary/aromatic N) is 1. The zero-order valence-corrected chi connectivity index (χ0v) is 9.98. The second kappa shape index (κ2) is 4.17. The summed E-state index contributed by atoms with van der Waals surface area (Å²) in [5.74, 6) is 0. The molecule has 0 N–H and O–H groups in total. The van der Waals surface area contributed by atoms with Crippen molar-refractivity contribution in [3.05, 3.63) is 59.9 Å². The first-order valence-electron chi connectivity index (χ1n) is 6.08. The van der Waals surface area contributed by atoms with E-state index in [2.05, 4.69) is 55.5 Å². The Kier molecular flexibility index (Phi) is 2.52. The third-order valence-electron chi connectivity index (χ3n) is 3.22. The minimum Gasteiger partial charge on any atom is -0.252 e. The summed E-state index contributed by atoms with van der Waals surface area (Å²) in [5.41, 5.74) is 3.46. The molecular weight excluding hydrogens is 206 g/mol. The topological polar surface area (TPSA) is 12.9 Å². The molecule has 0 bridgehead atoms. The Labute approximate surface area is 102 Å². The van der Waals surface area contributed by atoms with Crippen molar-refractivity contribution in [1.82, 2.24) is 4.98 Å². The van der Waals surface area contributed by atoms with E-state index in [-0.39, 0.29) is 0 Å². The molecule has 0 saturated carbocycles. The Morgan fingerprint density at radius 3 is 2.82 bits per heavy atom. The van der Waals surface area contributed by atoms with E-state index in [1.54, 1.807) is 0 Å². The van der Waals surface area contributed by atoms with Gasteiger partial charge < -0.3 is 0 Å². The molecule has 1 aromatic heterocycles. The SMILES string of the molecule is Cc1nc(C2=CCCC=C2)cc2ccccc12. The first-order chi connectivity index (χ1) is 8.34. The van der Waals surface area contributed by atoms with Gasteiger partial charge >= 0.3 is 0 Å². The molecule has 1 nitrogen and oxygen atoms in total. The Morgan fingerprint density at radius 2 is 2.00 bits per heavy atom. The maximum atomic E-state index is 4.71. The standard InChI is InChI=1S/C16H15N/c1-12-15-10-6-5-9-14(15)11-16(17-12)13-7-3-2-4-8-13/h3,5-11H,2,4H2,1H3. The molecule has 2 aromatic rings. The summed E-state index contributed by atoms with van der Waals surface area (Å²) < 4.78 is 0. The molecule has 1 aliphatic carbocycles. The van der Waals surface area contributed by atoms with Crippen molar-refractivity contribution < 1.29 is 0 Å². The molecule has 3 rings (SSSR count). The van der Waals surface area contributed by atoms with E-state index >= 15 is 0 Å². The summed E-state index contributed by atoms with van der Waals surface area (Å²) in [4.78, 5) is 4.71. The number of rotatable bonds is 1. The molecule has 0 aliphatic heterocycles. The average Bonchev–Trinajstić information content (AvgIpc) is 2.40. The van der Waals surface area contributed by atoms with E-state index in [0.29, 0.717) is 0 Å². The minimum atomic E-state index is 1.09. The first kappa shape index (κ1) is 10.3. The smallest absolute Gasteiger partial charge is 0.0708 e. The third kappa shape index (κ3) is 1.89. The van der Waals surface area contributed by atoms with Gasteiger partial charge in [0.1, 0.15) is 0 Å². The lowest BCUT2D eigenvalue weighted by atomic mass is 10.0. The Hall–Kier alpha value is -1.89. The Morgan fingerprint density at radius 1 is 1.12 bits per heavy atom. The summed E-state index contributed by atoms with van der Waals surface area (Å²) in [6, 6.07) is 10.6. The molecule has 1 aromatic carbocycles. The van der Waals surface area contributed by atoms with Crippen LogP contribution in [0.15, 0.2) is 48.6 Å². The number of aromatic nitrogens is 1. The molecule has 0 fully saturated rings. The highest BCUT2D eigenvalue weighted by atomic mass is 14.7. The van der Waals surface area contributed by atoms with Gasteiger partial charge in [0.25, 0.3) is 0 Å². The van der Waals surface area contributed by atoms with Gasteiger partial charge in [0.05, 0.1) is 5.69 Å². The molecule has 0 spiro atoms. The summed E-state index contributed by atoms with van der Waals surface area (Å²) >= 11 is 0. The van der Waals surface area contributed by atoms with Crippen LogP contribution in [0.25, 0.3) is 16.3 Å². The third-order valence-corrected chi connectivity index (χ3v) is 3.22. The molecule has 0 atom stereocenters. The van der Waals surface area contributed by atoms with Gasteiger partial charge in [-0.15, -0.1) is 0 Å². The second-order valence-electron chi connectivity index (χ2n) is 4.45. The zero-order valence-electron chi connectivity index (χ0n) is 9.98. The van der Waals surface area contributed by atoms with Gasteiger partial charge in [-0.25, -0.2) is 0 Å². The fourth-order valence-electron chi connectivity index (χ4n) is 2.32. The highest BCUT2D eigenvalue weighted by Gasteiger charge is 2.06. The molecule has 0 amide bonds. The van der Waals surface area contributed by atoms with Crippen molar-refractivity contribution in [2.75, 3.05) is 0 Å². The van der Waals surface area contributed by atoms with Crippen LogP contribution < -0.4 is 0 Å². The number of aryl methyl sites for hydroxylation is 1. The second-order valence-corrected chi connectivity index (χ2v) is 4.45. The van der Waals surface area contributed by atoms with Gasteiger partial charge in [-0.2, -0.15) is 0 Å². The lowest BCUT2D eigenvalue weighted by molar-refractivity contribution is 1.04. The predicted octanol–water partition coefficient (Wildman–Crippen LogP) is 4.28. The fraction of sp³-hybridized carbons (Fsp3) is 0.188. The van der Waals surface area contributed by atoms with Crippen LogP contribution >= 0.6 is 0 Å². The number of benzene rings is 1. The van der Waals surface area contributed by atoms with Crippen LogP contribution in [0.2, 0.25) is 0 Å². The molecule has 0 saturated heterocycles. The van der Waals surface area contributed by atoms with E-state index in [1.165, 1.54) is 16.3 Å². The Bertz CT molecular complexity index is 620. The predicted molar refractivity (Wildman–Crippen MR) is 72.8 cm³/mol. The lowest BCUT2D eigenvalue weighted by Gasteiger charge is -2.09. The van der Waals surface area contributed by atoms with Crippen LogP contribution in [0.5, 0.6) is 0 Å². The number of allylic oxidation sites excluding steroid dienone is 4. The van der Waals surface area contributed by atoms with Gasteiger partial charge in [0.2, 0.25) is 0 Å². The number of pyridine rings is 1. The Balaban J connectivity index is 2.18. The van der Waals surface area contributed by atoms with Crippen LogP contribution in [-0.4, -0.2) is 4.98 Å². The molecule has 1 heterocycles. The number of fused-ring (bicyclic) bond motifs is 1. The number of hydrogen-bond donors (Lipinski definition) is 0. The maximum Gasteiger partial charge on any atom is 0.0708 e. The summed E-state index contributed by atoms with van der Waals surface area (Å²) in [6.45, 7) is 2.08. The summed E-state index contributed by atoms with van der Waals surface area (Å²) in [7, 11) is 0. The molecule has 84 valence electrons. The van der Waals surface area contributed by atoms with Crippen LogP contribution in [-0.2, 0) is 0 Å². The van der Waals surface area contributed by atoms with Gasteiger partial charge in [-0.1, -0.05) is 42.5 Å². The van der Waals surface area contributed by atoms with Crippen molar-refractivity contribution in [1.29, 1.82) is 0 Å². The van der Waals surface area contributed by atoms with Crippen LogP contribution in [0.4, 0.5) is 0 Å². The average molecular weight is 221 g/mol. The lowest BCUT2D eigenvalue weighted by Crippen LogP contribution is -1.93. The fourth-order valence-corrected chi connectivity index (χ4v) is 2.32. The zero-order chi connectivity index (χ0) is 11.7. The normalized spacial score (nSPS) is 15.0. The first-order valence-corrected chi connectivity index (χ1v) is 6.08. The van der Waals surface area contributed by atoms with E-state index in [9.17, 15) is 0 Å². The van der Waals surface area contributed by atoms with Crippen molar-refractivity contribution >= 4 is 16.3 Å². The van der Waals surface area contributed by atoms with E-state index < -0.39 is 0 Å². The van der Waals surface area contributed by atoms with Gasteiger partial charge in [-0.3, -0.25) is 4.98 Å². The number of hydrogen-bond acceptors (Lipinski definition) is 1. The van der Waals surface area contributed by atoms with Gasteiger partial charge in [-0.05, 0) is 36.8 Å². The quantitative estimate of drug-likeness (QED) is 0.700. The van der Waals surface area contributed by atoms with Crippen molar-refractivity contribution in [2.24, 2.45) is 0 Å². The minimum absolute atomic E-state index is 1.09. The van der Waals surface area contributed by atoms with Crippen molar-refractivity contribution in [2.45, 2.75) is 19.8 Å².